The van der Waals surface area contributed by atoms with E-state index in [1.54, 1.807) is 36.7 Å². The summed E-state index contributed by atoms with van der Waals surface area (Å²) < 4.78 is 17.3. The first-order valence-electron chi connectivity index (χ1n) is 28.1. The Balaban J connectivity index is 1.42. The number of rotatable bonds is 16. The van der Waals surface area contributed by atoms with Crippen molar-refractivity contribution < 1.29 is 9.47 Å². The number of aromatic nitrogens is 6. The van der Waals surface area contributed by atoms with Gasteiger partial charge in [0, 0.05) is 33.7 Å². The first-order chi connectivity index (χ1) is 41.9. The van der Waals surface area contributed by atoms with Crippen molar-refractivity contribution in [2.75, 3.05) is 13.2 Å². The second-order valence-corrected chi connectivity index (χ2v) is 23.4. The highest BCUT2D eigenvalue weighted by Gasteiger charge is 2.37. The van der Waals surface area contributed by atoms with Crippen LogP contribution in [0, 0.1) is 29.7 Å². The molecule has 0 aliphatic carbocycles. The van der Waals surface area contributed by atoms with Crippen molar-refractivity contribution in [1.82, 2.24) is 28.9 Å². The smallest absolute Gasteiger partial charge is 0.328 e. The number of halogens is 4. The lowest BCUT2D eigenvalue weighted by Gasteiger charge is -2.24. The lowest BCUT2D eigenvalue weighted by molar-refractivity contribution is 0.271. The fourth-order valence-corrected chi connectivity index (χ4v) is 11.8. The number of nitriles is 1. The Kier molecular flexibility index (Phi) is 16.5. The molecule has 0 bridgehead atoms. The van der Waals surface area contributed by atoms with Gasteiger partial charge in [-0.05, 0) is 95.8 Å². The lowest BCUT2D eigenvalue weighted by Crippen LogP contribution is -2.54. The van der Waals surface area contributed by atoms with Crippen LogP contribution in [-0.2, 0) is 0 Å². The molecule has 0 unspecified atom stereocenters. The molecule has 418 valence electrons. The second-order valence-electron chi connectivity index (χ2n) is 21.8. The average Bonchev–Trinajstić information content (AvgIpc) is 1.59. The van der Waals surface area contributed by atoms with Gasteiger partial charge < -0.3 is 18.4 Å². The topological polar surface area (TPSA) is 108 Å². The molecule has 0 fully saturated rings. The molecule has 4 aromatic heterocycles. The molecule has 0 spiro atoms. The van der Waals surface area contributed by atoms with Crippen LogP contribution in [0.1, 0.15) is 39.1 Å². The summed E-state index contributed by atoms with van der Waals surface area (Å²) in [4.78, 5) is 24.9. The molecule has 12 aromatic rings. The molecular weight excluding hydrogens is 1150 g/mol. The molecule has 4 heterocycles. The first-order valence-corrected chi connectivity index (χ1v) is 29.6. The minimum atomic E-state index is -0.638. The van der Waals surface area contributed by atoms with Gasteiger partial charge in [-0.2, -0.15) is 5.26 Å². The van der Waals surface area contributed by atoms with Gasteiger partial charge in [0.25, 0.3) is 0 Å². The molecule has 0 N–H and O–H groups in total. The molecule has 8 aromatic carbocycles. The molecule has 0 aliphatic rings. The van der Waals surface area contributed by atoms with Gasteiger partial charge >= 0.3 is 13.7 Å². The number of hydrogen-bond acceptors (Lipinski definition) is 7. The summed E-state index contributed by atoms with van der Waals surface area (Å²) in [6.07, 6.45) is 3.23. The molecule has 0 aliphatic heterocycles. The molecule has 12 rings (SSSR count). The van der Waals surface area contributed by atoms with E-state index in [1.165, 1.54) is 0 Å². The van der Waals surface area contributed by atoms with Crippen molar-refractivity contribution >= 4 is 126 Å². The van der Waals surface area contributed by atoms with Crippen molar-refractivity contribution in [2.45, 2.75) is 27.7 Å². The third-order valence-electron chi connectivity index (χ3n) is 14.9. The van der Waals surface area contributed by atoms with E-state index >= 15 is 0 Å². The van der Waals surface area contributed by atoms with Gasteiger partial charge in [-0.25, -0.2) is 9.83 Å². The van der Waals surface area contributed by atoms with E-state index in [-0.39, 0.29) is 44.5 Å². The van der Waals surface area contributed by atoms with Gasteiger partial charge in [0.05, 0.1) is 79.2 Å². The van der Waals surface area contributed by atoms with Gasteiger partial charge in [0.2, 0.25) is 5.70 Å². The van der Waals surface area contributed by atoms with Crippen LogP contribution in [0.2, 0.25) is 20.1 Å². The van der Waals surface area contributed by atoms with E-state index in [4.69, 9.17) is 75.8 Å². The van der Waals surface area contributed by atoms with E-state index in [1.807, 2.05) is 97.1 Å². The van der Waals surface area contributed by atoms with E-state index in [9.17, 15) is 11.8 Å². The van der Waals surface area contributed by atoms with Crippen molar-refractivity contribution in [2.24, 2.45) is 11.8 Å². The first kappa shape index (κ1) is 57.3. The van der Waals surface area contributed by atoms with Crippen molar-refractivity contribution in [3.63, 3.8) is 0 Å². The van der Waals surface area contributed by atoms with Crippen molar-refractivity contribution in [3.8, 4) is 40.1 Å². The van der Waals surface area contributed by atoms with Gasteiger partial charge in [-0.15, -0.1) is 0 Å². The molecule has 10 nitrogen and oxygen atoms in total. The predicted octanol–water partition coefficient (Wildman–Crippen LogP) is 13.5. The van der Waals surface area contributed by atoms with Crippen LogP contribution in [0.3, 0.4) is 0 Å². The Morgan fingerprint density at radius 2 is 0.849 bits per heavy atom. The van der Waals surface area contributed by atoms with Crippen molar-refractivity contribution in [3.05, 3.63) is 260 Å². The number of benzene rings is 8. The van der Waals surface area contributed by atoms with Crippen LogP contribution in [0.5, 0.6) is 11.5 Å². The summed E-state index contributed by atoms with van der Waals surface area (Å²) in [5.74, 6) is 1.90. The monoisotopic (exact) mass is 1200 g/mol. The van der Waals surface area contributed by atoms with Crippen LogP contribution in [0.4, 0.5) is 0 Å². The number of nitrogens with zero attached hydrogens (tertiary/aromatic N) is 8. The Morgan fingerprint density at radius 1 is 0.500 bits per heavy atom. The minimum absolute atomic E-state index is 0.170. The third kappa shape index (κ3) is 11.2. The molecule has 0 atom stereocenters. The molecule has 0 amide bonds. The zero-order valence-corrected chi connectivity index (χ0v) is 50.3. The molecule has 0 radical (unpaired) electrons. The van der Waals surface area contributed by atoms with Crippen LogP contribution in [-0.4, -0.2) is 55.8 Å². The number of ether oxygens (including phenoxy) is 2. The Bertz CT molecular complexity index is 4350. The number of fused-ring (bicyclic) bond motifs is 3. The highest BCUT2D eigenvalue weighted by Crippen LogP contribution is 2.38. The van der Waals surface area contributed by atoms with Gasteiger partial charge in [-0.1, -0.05) is 217 Å². The zero-order valence-electron chi connectivity index (χ0n) is 47.3. The van der Waals surface area contributed by atoms with E-state index in [0.29, 0.717) is 89.7 Å². The fourth-order valence-electron chi connectivity index (χ4n) is 11.1. The van der Waals surface area contributed by atoms with Gasteiger partial charge in [-0.3, -0.25) is 15.0 Å². The maximum atomic E-state index is 12.4. The van der Waals surface area contributed by atoms with Crippen LogP contribution in [0.15, 0.2) is 207 Å². The fraction of sp³-hybridized carbons (Fsp3) is 0.114. The SMILES string of the molecule is [C-]#[N+]/C(c1cnc2cc(Cl)c(Cl)cc2n1)=c1\c2c(-c3ccc(OCC(C)C)cc3)n(B(c3ccccc3)c3ccccc3)/c(=C(/C#N)c3cnc4cc(Cl)c(Cl)cc4n3)c2c(-c2ccc(OCC(C)C)cc2)n1B(c1ccccc1)c1ccccc1. The second kappa shape index (κ2) is 24.8. The van der Waals surface area contributed by atoms with Crippen LogP contribution in [0.25, 0.3) is 71.5 Å². The molecule has 0 saturated carbocycles. The van der Waals surface area contributed by atoms with E-state index in [2.05, 4.69) is 120 Å². The van der Waals surface area contributed by atoms with Crippen molar-refractivity contribution in [1.29, 1.82) is 5.26 Å². The minimum Gasteiger partial charge on any atom is -0.493 e. The van der Waals surface area contributed by atoms with Crippen LogP contribution < -0.4 is 42.0 Å². The average molecular weight is 1200 g/mol. The molecule has 86 heavy (non-hydrogen) atoms. The standard InChI is InChI=1S/C70H52B2Cl4N8O2/c1-43(2)41-85-51-30-26-45(27-31-51)67-64-65(70(66(78-5)63-40-80-59-35-55(74)57(76)37-61(59)82-63)84(67)72(49-22-14-8-15-23-49)50-24-16-9-17-25-50)68(46-28-32-52(33-29-46)86-42-44(3)4)83(71(47-18-10-6-11-19-47)48-20-12-7-13-21-48)69(64)53(38-77)62-39-79-58-34-54(73)56(75)36-60(58)81-62/h6-37,39-40,43-44H,41-42H2,1-4H3/b69-53-,70-66+. The van der Waals surface area contributed by atoms with E-state index in [0.717, 1.165) is 33.0 Å². The number of hydrogen-bond donors (Lipinski definition) is 0. The Hall–Kier alpha value is -9.13. The molecule has 16 heteroatoms. The predicted molar refractivity (Wildman–Crippen MR) is 354 cm³/mol. The summed E-state index contributed by atoms with van der Waals surface area (Å²) in [6.45, 7) is 17.8. The highest BCUT2D eigenvalue weighted by atomic mass is 35.5. The third-order valence-corrected chi connectivity index (χ3v) is 16.4. The summed E-state index contributed by atoms with van der Waals surface area (Å²) >= 11 is 26.7. The maximum Gasteiger partial charge on any atom is 0.328 e. The maximum absolute atomic E-state index is 12.4. The normalized spacial score (nSPS) is 12.1. The van der Waals surface area contributed by atoms with Crippen LogP contribution >= 0.6 is 46.4 Å². The quantitative estimate of drug-likeness (QED) is 0.0700. The molecular formula is C70H52B2Cl4N8O2. The highest BCUT2D eigenvalue weighted by molar-refractivity contribution is 6.85. The largest absolute Gasteiger partial charge is 0.493 e. The summed E-state index contributed by atoms with van der Waals surface area (Å²) in [5, 5.41) is 15.9. The Labute approximate surface area is 519 Å². The Morgan fingerprint density at radius 3 is 1.22 bits per heavy atom. The van der Waals surface area contributed by atoms with E-state index < -0.39 is 13.7 Å². The van der Waals surface area contributed by atoms with Gasteiger partial charge in [0.1, 0.15) is 28.8 Å². The van der Waals surface area contributed by atoms with Gasteiger partial charge in [0.15, 0.2) is 0 Å². The lowest BCUT2D eigenvalue weighted by atomic mass is 9.50. The summed E-state index contributed by atoms with van der Waals surface area (Å²) in [5.41, 5.74) is 9.30. The summed E-state index contributed by atoms with van der Waals surface area (Å²) in [7, 11) is 0. The molecule has 0 saturated heterocycles. The zero-order chi connectivity index (χ0) is 59.6. The summed E-state index contributed by atoms with van der Waals surface area (Å²) in [6, 6.07) is 66.5.